The van der Waals surface area contributed by atoms with Crippen molar-refractivity contribution in [3.05, 3.63) is 76.3 Å². The topological polar surface area (TPSA) is 84.3 Å². The molecule has 0 unspecified atom stereocenters. The minimum Gasteiger partial charge on any atom is -0.497 e. The molecular formula is C25H28N2O4S2. The highest BCUT2D eigenvalue weighted by Crippen LogP contribution is 2.24. The lowest BCUT2D eigenvalue weighted by atomic mass is 10.1. The third-order valence-electron chi connectivity index (χ3n) is 4.66. The number of methoxy groups -OCH3 is 1. The van der Waals surface area contributed by atoms with Crippen molar-refractivity contribution in [1.82, 2.24) is 10.3 Å². The predicted molar refractivity (Wildman–Crippen MR) is 142 cm³/mol. The second-order valence-electron chi connectivity index (χ2n) is 6.81. The molecular weight excluding hydrogens is 456 g/mol. The van der Waals surface area contributed by atoms with Crippen molar-refractivity contribution in [2.75, 3.05) is 20.7 Å². The number of nitrogens with one attached hydrogen (secondary N) is 2. The fourth-order valence-electron chi connectivity index (χ4n) is 3.18. The lowest BCUT2D eigenvalue weighted by Crippen LogP contribution is -2.09. The molecule has 0 spiro atoms. The molecule has 174 valence electrons. The highest BCUT2D eigenvalue weighted by molar-refractivity contribution is 8.20. The summed E-state index contributed by atoms with van der Waals surface area (Å²) in [4.78, 5) is 23.5. The summed E-state index contributed by atoms with van der Waals surface area (Å²) < 4.78 is 11.8. The van der Waals surface area contributed by atoms with Gasteiger partial charge in [-0.05, 0) is 56.3 Å². The summed E-state index contributed by atoms with van der Waals surface area (Å²) in [5.74, 6) is 1.33. The number of hydrogen-bond acceptors (Lipinski definition) is 7. The number of para-hydroxylation sites is 1. The number of hydrogen-bond donors (Lipinski definition) is 2. The molecule has 0 amide bonds. The Morgan fingerprint density at radius 1 is 1.15 bits per heavy atom. The fourth-order valence-corrected chi connectivity index (χ4v) is 3.87. The molecule has 2 N–H and O–H groups in total. The van der Waals surface area contributed by atoms with Crippen LogP contribution in [0, 0.1) is 0 Å². The zero-order valence-electron chi connectivity index (χ0n) is 18.9. The molecule has 0 saturated carbocycles. The number of aromatic nitrogens is 1. The molecule has 2 aromatic heterocycles. The first-order valence-electron chi connectivity index (χ1n) is 10.3. The van der Waals surface area contributed by atoms with Gasteiger partial charge >= 0.3 is 5.63 Å². The van der Waals surface area contributed by atoms with Crippen molar-refractivity contribution in [2.24, 2.45) is 0 Å². The number of thiocarbonyl (C=S) groups is 1. The van der Waals surface area contributed by atoms with Gasteiger partial charge in [0.2, 0.25) is 0 Å². The van der Waals surface area contributed by atoms with Crippen LogP contribution < -0.4 is 15.7 Å². The van der Waals surface area contributed by atoms with Crippen LogP contribution in [-0.2, 0) is 17.0 Å². The van der Waals surface area contributed by atoms with E-state index in [1.165, 1.54) is 41.2 Å². The second-order valence-corrected chi connectivity index (χ2v) is 8.20. The number of likely N-dealkylation sites (N-methyl/N-ethyl adjacent to an activating group) is 1. The molecule has 4 rings (SSSR count). The van der Waals surface area contributed by atoms with Crippen molar-refractivity contribution in [1.29, 1.82) is 0 Å². The van der Waals surface area contributed by atoms with Gasteiger partial charge < -0.3 is 24.2 Å². The first-order valence-corrected chi connectivity index (χ1v) is 11.8. The number of aldehydes is 1. The van der Waals surface area contributed by atoms with E-state index in [4.69, 9.17) is 26.2 Å². The van der Waals surface area contributed by atoms with Crippen molar-refractivity contribution < 1.29 is 13.9 Å². The summed E-state index contributed by atoms with van der Waals surface area (Å²) >= 11 is 6.24. The summed E-state index contributed by atoms with van der Waals surface area (Å²) in [5.41, 5.74) is 3.73. The summed E-state index contributed by atoms with van der Waals surface area (Å²) in [6.45, 7) is 2.47. The predicted octanol–water partition coefficient (Wildman–Crippen LogP) is 5.13. The van der Waals surface area contributed by atoms with Gasteiger partial charge in [0.05, 0.1) is 7.11 Å². The van der Waals surface area contributed by atoms with Crippen LogP contribution in [0.15, 0.2) is 63.9 Å². The summed E-state index contributed by atoms with van der Waals surface area (Å²) in [6.07, 6.45) is 3.93. The Balaban J connectivity index is 0.000000214. The largest absolute Gasteiger partial charge is 0.497 e. The van der Waals surface area contributed by atoms with Crippen LogP contribution in [0.4, 0.5) is 0 Å². The molecule has 2 aromatic carbocycles. The highest BCUT2D eigenvalue weighted by atomic mass is 32.2. The van der Waals surface area contributed by atoms with Gasteiger partial charge in [0.1, 0.15) is 17.6 Å². The lowest BCUT2D eigenvalue weighted by Gasteiger charge is -2.05. The zero-order chi connectivity index (χ0) is 24.1. The van der Waals surface area contributed by atoms with Crippen molar-refractivity contribution in [2.45, 2.75) is 19.1 Å². The number of fused-ring (bicyclic) bond motifs is 2. The Labute approximate surface area is 202 Å². The quantitative estimate of drug-likeness (QED) is 0.214. The van der Waals surface area contributed by atoms with Gasteiger partial charge in [-0.25, -0.2) is 4.79 Å². The molecule has 4 aromatic rings. The number of rotatable bonds is 7. The van der Waals surface area contributed by atoms with Gasteiger partial charge in [-0.3, -0.25) is 0 Å². The Kier molecular flexibility index (Phi) is 11.4. The van der Waals surface area contributed by atoms with E-state index in [9.17, 15) is 4.79 Å². The number of ether oxygens (including phenoxy) is 1. The maximum Gasteiger partial charge on any atom is 0.336 e. The second kappa shape index (κ2) is 14.3. The lowest BCUT2D eigenvalue weighted by molar-refractivity contribution is -0.106. The number of thioether (sulfide) groups is 1. The van der Waals surface area contributed by atoms with Crippen LogP contribution >= 0.6 is 24.0 Å². The average Bonchev–Trinajstić information content (AvgIpc) is 3.24. The zero-order valence-corrected chi connectivity index (χ0v) is 20.6. The Hall–Kier alpha value is -2.94. The molecule has 0 bridgehead atoms. The maximum atomic E-state index is 11.4. The van der Waals surface area contributed by atoms with Crippen molar-refractivity contribution >= 4 is 56.8 Å². The third-order valence-corrected chi connectivity index (χ3v) is 5.69. The Morgan fingerprint density at radius 3 is 2.61 bits per heavy atom. The van der Waals surface area contributed by atoms with Crippen LogP contribution in [0.25, 0.3) is 21.9 Å². The monoisotopic (exact) mass is 484 g/mol. The molecule has 6 nitrogen and oxygen atoms in total. The van der Waals surface area contributed by atoms with Gasteiger partial charge in [0, 0.05) is 45.1 Å². The fraction of sp³-hybridized carbons (Fsp3) is 0.240. The molecule has 33 heavy (non-hydrogen) atoms. The minimum atomic E-state index is -0.356. The number of H-pyrrole nitrogens is 1. The van der Waals surface area contributed by atoms with Gasteiger partial charge in [-0.2, -0.15) is 0 Å². The molecule has 0 aliphatic carbocycles. The van der Waals surface area contributed by atoms with E-state index >= 15 is 0 Å². The summed E-state index contributed by atoms with van der Waals surface area (Å²) in [5, 5.41) is 5.41. The molecule has 0 atom stereocenters. The van der Waals surface area contributed by atoms with Crippen LogP contribution in [0.5, 0.6) is 5.75 Å². The first-order chi connectivity index (χ1) is 16.1. The number of benzene rings is 2. The molecule has 0 radical (unpaired) electrons. The molecule has 0 aliphatic rings. The molecule has 0 saturated heterocycles. The van der Waals surface area contributed by atoms with E-state index in [-0.39, 0.29) is 5.63 Å². The third kappa shape index (κ3) is 7.85. The van der Waals surface area contributed by atoms with E-state index in [1.807, 2.05) is 19.2 Å². The first kappa shape index (κ1) is 26.3. The number of carbonyl (C=O) groups excluding carboxylic acids is 1. The van der Waals surface area contributed by atoms with Gasteiger partial charge in [0.25, 0.3) is 0 Å². The van der Waals surface area contributed by atoms with E-state index in [1.54, 1.807) is 17.9 Å². The standard InChI is InChI=1S/C12H10O3S2.C11H14N2.C2H4O/c1-14-9-2-3-10-8(6-17-7-16)4-12(13)15-11(10)5-9;1-12-7-6-9-8-13-11-5-3-2-4-10(9)11;1-2-3/h2-5,7H,6H2,1H3;2-5,8,12-13H,6-7H2,1H3;2H,1H3. The smallest absolute Gasteiger partial charge is 0.336 e. The molecule has 0 aliphatic heterocycles. The van der Waals surface area contributed by atoms with Crippen LogP contribution in [0.3, 0.4) is 0 Å². The van der Waals surface area contributed by atoms with Crippen molar-refractivity contribution in [3.63, 3.8) is 0 Å². The summed E-state index contributed by atoms with van der Waals surface area (Å²) in [7, 11) is 3.56. The van der Waals surface area contributed by atoms with E-state index in [0.717, 1.165) is 30.2 Å². The van der Waals surface area contributed by atoms with E-state index in [0.29, 0.717) is 17.1 Å². The highest BCUT2D eigenvalue weighted by Gasteiger charge is 2.06. The van der Waals surface area contributed by atoms with E-state index < -0.39 is 0 Å². The Bertz CT molecular complexity index is 1230. The number of aromatic amines is 1. The molecule has 8 heteroatoms. The normalized spacial score (nSPS) is 10.0. The Morgan fingerprint density at radius 2 is 1.91 bits per heavy atom. The summed E-state index contributed by atoms with van der Waals surface area (Å²) in [6, 6.07) is 15.3. The molecule has 0 fully saturated rings. The van der Waals surface area contributed by atoms with Gasteiger partial charge in [-0.1, -0.05) is 30.4 Å². The van der Waals surface area contributed by atoms with Gasteiger partial charge in [-0.15, -0.1) is 11.8 Å². The van der Waals surface area contributed by atoms with Crippen LogP contribution in [0.2, 0.25) is 0 Å². The van der Waals surface area contributed by atoms with Crippen molar-refractivity contribution in [3.8, 4) is 5.75 Å². The minimum absolute atomic E-state index is 0.356. The SMILES string of the molecule is CC=O.CNCCc1c[nH]c2ccccc12.COc1ccc2c(CSC=S)cc(=O)oc2c1. The van der Waals surface area contributed by atoms with Crippen LogP contribution in [-0.4, -0.2) is 36.7 Å². The number of carbonyl (C=O) groups is 1. The van der Waals surface area contributed by atoms with E-state index in [2.05, 4.69) is 40.8 Å². The average molecular weight is 485 g/mol. The molecule has 2 heterocycles. The van der Waals surface area contributed by atoms with Crippen LogP contribution in [0.1, 0.15) is 18.1 Å². The van der Waals surface area contributed by atoms with Gasteiger partial charge in [0.15, 0.2) is 0 Å². The maximum absolute atomic E-state index is 11.4.